The first-order valence-corrected chi connectivity index (χ1v) is 10.8. The zero-order valence-electron chi connectivity index (χ0n) is 17.9. The van der Waals surface area contributed by atoms with Gasteiger partial charge in [0, 0.05) is 6.07 Å². The summed E-state index contributed by atoms with van der Waals surface area (Å²) in [6.07, 6.45) is 1.48. The number of hydrogen-bond acceptors (Lipinski definition) is 6. The molecule has 0 aliphatic carbocycles. The number of aryl methyl sites for hydroxylation is 2. The van der Waals surface area contributed by atoms with Gasteiger partial charge in [-0.05, 0) is 66.0 Å². The average molecular weight is 508 g/mol. The first-order chi connectivity index (χ1) is 15.8. The molecule has 4 aromatic heterocycles. The maximum atomic E-state index is 12.8. The van der Waals surface area contributed by atoms with Gasteiger partial charge < -0.3 is 9.73 Å². The van der Waals surface area contributed by atoms with E-state index in [1.54, 1.807) is 29.8 Å². The number of aromatic amines is 1. The molecule has 0 spiro atoms. The maximum Gasteiger partial charge on any atom is 0.292 e. The number of benzene rings is 1. The van der Waals surface area contributed by atoms with Crippen LogP contribution in [0.2, 0.25) is 0 Å². The van der Waals surface area contributed by atoms with E-state index >= 15 is 0 Å². The molecule has 0 saturated carbocycles. The van der Waals surface area contributed by atoms with Crippen LogP contribution in [0.4, 0.5) is 5.82 Å². The quantitative estimate of drug-likeness (QED) is 0.381. The van der Waals surface area contributed by atoms with Gasteiger partial charge in [-0.25, -0.2) is 4.68 Å². The summed E-state index contributed by atoms with van der Waals surface area (Å²) >= 11 is 3.18. The van der Waals surface area contributed by atoms with Gasteiger partial charge in [0.1, 0.15) is 11.2 Å². The van der Waals surface area contributed by atoms with E-state index in [1.165, 1.54) is 10.9 Å². The molecular formula is C22H18BrN7O3. The fourth-order valence-corrected chi connectivity index (χ4v) is 3.82. The van der Waals surface area contributed by atoms with Gasteiger partial charge in [0.15, 0.2) is 16.1 Å². The van der Waals surface area contributed by atoms with Crippen molar-refractivity contribution in [3.63, 3.8) is 0 Å². The summed E-state index contributed by atoms with van der Waals surface area (Å²) in [6.45, 7) is 5.77. The Bertz CT molecular complexity index is 1590. The predicted octanol–water partition coefficient (Wildman–Crippen LogP) is 3.83. The van der Waals surface area contributed by atoms with Crippen LogP contribution in [0.15, 0.2) is 56.5 Å². The molecule has 0 fully saturated rings. The lowest BCUT2D eigenvalue weighted by Gasteiger charge is -2.10. The fraction of sp³-hybridized carbons (Fsp3) is 0.136. The van der Waals surface area contributed by atoms with Gasteiger partial charge in [0.05, 0.1) is 17.6 Å². The van der Waals surface area contributed by atoms with E-state index in [1.807, 2.05) is 32.0 Å². The van der Waals surface area contributed by atoms with Crippen molar-refractivity contribution in [3.05, 3.63) is 80.2 Å². The Labute approximate surface area is 195 Å². The Balaban J connectivity index is 1.62. The summed E-state index contributed by atoms with van der Waals surface area (Å²) in [6, 6.07) is 10.7. The van der Waals surface area contributed by atoms with Crippen LogP contribution in [0.5, 0.6) is 0 Å². The Kier molecular flexibility index (Phi) is 4.97. The molecule has 0 aliphatic rings. The van der Waals surface area contributed by atoms with Gasteiger partial charge in [0.25, 0.3) is 11.5 Å². The standard InChI is InChI=1S/C22H18BrN7O3/c1-11-5-4-6-15(13(11)3)29-19-14(10-24-29)20(31)27-22(26-19)30-18(9-12(2)28-30)25-21(32)16-7-8-17(23)33-16/h4-10H,1-3H3,(H,25,32)(H,26,27,31). The van der Waals surface area contributed by atoms with Crippen LogP contribution in [0.1, 0.15) is 27.4 Å². The van der Waals surface area contributed by atoms with Crippen LogP contribution in [-0.2, 0) is 0 Å². The van der Waals surface area contributed by atoms with Crippen molar-refractivity contribution in [2.24, 2.45) is 0 Å². The van der Waals surface area contributed by atoms with Crippen LogP contribution < -0.4 is 10.9 Å². The summed E-state index contributed by atoms with van der Waals surface area (Å²) in [4.78, 5) is 32.8. The minimum atomic E-state index is -0.467. The molecule has 5 aromatic rings. The largest absolute Gasteiger partial charge is 0.444 e. The number of rotatable bonds is 4. The Morgan fingerprint density at radius 1 is 1.15 bits per heavy atom. The van der Waals surface area contributed by atoms with Crippen molar-refractivity contribution in [2.75, 3.05) is 5.32 Å². The molecule has 0 unspecified atom stereocenters. The molecule has 4 heterocycles. The summed E-state index contributed by atoms with van der Waals surface area (Å²) in [7, 11) is 0. The minimum Gasteiger partial charge on any atom is -0.444 e. The topological polar surface area (TPSA) is 124 Å². The Hall–Kier alpha value is -3.99. The minimum absolute atomic E-state index is 0.122. The van der Waals surface area contributed by atoms with Crippen molar-refractivity contribution in [1.29, 1.82) is 0 Å². The number of carbonyl (C=O) groups is 1. The van der Waals surface area contributed by atoms with Crippen molar-refractivity contribution < 1.29 is 9.21 Å². The second-order valence-corrected chi connectivity index (χ2v) is 8.32. The highest BCUT2D eigenvalue weighted by Gasteiger charge is 2.19. The summed E-state index contributed by atoms with van der Waals surface area (Å²) in [5, 5.41) is 11.9. The molecule has 10 nitrogen and oxygen atoms in total. The van der Waals surface area contributed by atoms with Gasteiger partial charge >= 0.3 is 0 Å². The lowest BCUT2D eigenvalue weighted by atomic mass is 10.1. The number of nitrogens with zero attached hydrogens (tertiary/aromatic N) is 5. The van der Waals surface area contributed by atoms with E-state index in [0.29, 0.717) is 27.2 Å². The summed E-state index contributed by atoms with van der Waals surface area (Å²) in [5.41, 5.74) is 3.58. The molecule has 0 bridgehead atoms. The van der Waals surface area contributed by atoms with E-state index < -0.39 is 5.91 Å². The third kappa shape index (κ3) is 3.65. The first kappa shape index (κ1) is 20.9. The lowest BCUT2D eigenvalue weighted by Crippen LogP contribution is -2.19. The van der Waals surface area contributed by atoms with E-state index in [2.05, 4.69) is 41.4 Å². The number of hydrogen-bond donors (Lipinski definition) is 2. The number of carbonyl (C=O) groups excluding carboxylic acids is 1. The molecular weight excluding hydrogens is 490 g/mol. The molecule has 1 amide bonds. The fourth-order valence-electron chi connectivity index (χ4n) is 3.51. The average Bonchev–Trinajstić information content (AvgIpc) is 3.49. The van der Waals surface area contributed by atoms with E-state index in [4.69, 9.17) is 4.42 Å². The number of aromatic nitrogens is 6. The summed E-state index contributed by atoms with van der Waals surface area (Å²) < 4.78 is 8.75. The SMILES string of the molecule is Cc1cc(NC(=O)c2ccc(Br)o2)n(-c2nc3c(cnn3-c3cccc(C)c3C)c(=O)[nH]2)n1. The zero-order valence-corrected chi connectivity index (χ0v) is 19.5. The molecule has 11 heteroatoms. The number of nitrogens with one attached hydrogen (secondary N) is 2. The smallest absolute Gasteiger partial charge is 0.292 e. The van der Waals surface area contributed by atoms with Crippen molar-refractivity contribution in [3.8, 4) is 11.6 Å². The molecule has 0 atom stereocenters. The molecule has 0 aliphatic heterocycles. The molecule has 0 radical (unpaired) electrons. The van der Waals surface area contributed by atoms with Crippen LogP contribution in [0, 0.1) is 20.8 Å². The highest BCUT2D eigenvalue weighted by atomic mass is 79.9. The van der Waals surface area contributed by atoms with Gasteiger partial charge in [-0.1, -0.05) is 12.1 Å². The monoisotopic (exact) mass is 507 g/mol. The Morgan fingerprint density at radius 3 is 2.73 bits per heavy atom. The van der Waals surface area contributed by atoms with E-state index in [0.717, 1.165) is 16.8 Å². The Morgan fingerprint density at radius 2 is 1.97 bits per heavy atom. The molecule has 2 N–H and O–H groups in total. The first-order valence-electron chi connectivity index (χ1n) is 10.00. The van der Waals surface area contributed by atoms with Crippen LogP contribution >= 0.6 is 15.9 Å². The molecule has 33 heavy (non-hydrogen) atoms. The predicted molar refractivity (Wildman–Crippen MR) is 125 cm³/mol. The number of anilines is 1. The van der Waals surface area contributed by atoms with Gasteiger partial charge in [-0.3, -0.25) is 14.6 Å². The second-order valence-electron chi connectivity index (χ2n) is 7.54. The van der Waals surface area contributed by atoms with Gasteiger partial charge in [0.2, 0.25) is 5.95 Å². The van der Waals surface area contributed by atoms with Crippen LogP contribution in [-0.4, -0.2) is 35.4 Å². The molecule has 5 rings (SSSR count). The normalized spacial score (nSPS) is 11.3. The third-order valence-electron chi connectivity index (χ3n) is 5.30. The lowest BCUT2D eigenvalue weighted by molar-refractivity contribution is 0.0994. The van der Waals surface area contributed by atoms with Crippen molar-refractivity contribution in [1.82, 2.24) is 29.5 Å². The van der Waals surface area contributed by atoms with Crippen molar-refractivity contribution >= 4 is 38.7 Å². The molecule has 0 saturated heterocycles. The van der Waals surface area contributed by atoms with E-state index in [-0.39, 0.29) is 17.3 Å². The third-order valence-corrected chi connectivity index (χ3v) is 5.73. The number of halogens is 1. The van der Waals surface area contributed by atoms with E-state index in [9.17, 15) is 9.59 Å². The number of H-pyrrole nitrogens is 1. The van der Waals surface area contributed by atoms with Crippen LogP contribution in [0.25, 0.3) is 22.7 Å². The maximum absolute atomic E-state index is 12.8. The molecule has 166 valence electrons. The van der Waals surface area contributed by atoms with Crippen LogP contribution in [0.3, 0.4) is 0 Å². The highest BCUT2D eigenvalue weighted by Crippen LogP contribution is 2.22. The number of amides is 1. The zero-order chi connectivity index (χ0) is 23.3. The molecule has 1 aromatic carbocycles. The summed E-state index contributed by atoms with van der Waals surface area (Å²) in [5.74, 6) is 0.122. The highest BCUT2D eigenvalue weighted by molar-refractivity contribution is 9.10. The van der Waals surface area contributed by atoms with Gasteiger partial charge in [-0.15, -0.1) is 0 Å². The van der Waals surface area contributed by atoms with Gasteiger partial charge in [-0.2, -0.15) is 19.9 Å². The second kappa shape index (κ2) is 7.85. The number of fused-ring (bicyclic) bond motifs is 1. The number of furan rings is 1. The van der Waals surface area contributed by atoms with Crippen molar-refractivity contribution in [2.45, 2.75) is 20.8 Å².